The van der Waals surface area contributed by atoms with Crippen molar-refractivity contribution in [2.45, 2.75) is 6.04 Å². The predicted octanol–water partition coefficient (Wildman–Crippen LogP) is 2.58. The first-order valence-corrected chi connectivity index (χ1v) is 6.43. The maximum Gasteiger partial charge on any atom is 0.0530 e. The van der Waals surface area contributed by atoms with Gasteiger partial charge in [0.05, 0.1) is 6.04 Å². The van der Waals surface area contributed by atoms with Gasteiger partial charge in [-0.1, -0.05) is 34.1 Å². The number of hydrogen-bond acceptors (Lipinski definition) is 2. The quantitative estimate of drug-likeness (QED) is 0.857. The Balaban J connectivity index is 2.17. The number of rotatable bonds is 3. The normalized spacial score (nSPS) is 19.3. The molecule has 0 spiro atoms. The van der Waals surface area contributed by atoms with Gasteiger partial charge in [-0.15, -0.1) is 6.58 Å². The zero-order valence-electron chi connectivity index (χ0n) is 9.32. The van der Waals surface area contributed by atoms with Gasteiger partial charge in [0, 0.05) is 30.7 Å². The minimum absolute atomic E-state index is 0.333. The average molecular weight is 281 g/mol. The van der Waals surface area contributed by atoms with E-state index in [9.17, 15) is 0 Å². The van der Waals surface area contributed by atoms with Gasteiger partial charge < -0.3 is 5.32 Å². The van der Waals surface area contributed by atoms with Crippen molar-refractivity contribution < 1.29 is 0 Å². The van der Waals surface area contributed by atoms with Crippen LogP contribution in [-0.2, 0) is 0 Å². The molecule has 0 aliphatic carbocycles. The van der Waals surface area contributed by atoms with Crippen LogP contribution in [-0.4, -0.2) is 31.1 Å². The van der Waals surface area contributed by atoms with E-state index in [0.717, 1.165) is 30.7 Å². The van der Waals surface area contributed by atoms with Crippen molar-refractivity contribution in [3.63, 3.8) is 0 Å². The fourth-order valence-electron chi connectivity index (χ4n) is 2.15. The molecular formula is C13H17BrN2. The molecule has 1 aromatic carbocycles. The summed E-state index contributed by atoms with van der Waals surface area (Å²) < 4.78 is 1.13. The lowest BCUT2D eigenvalue weighted by molar-refractivity contribution is 0.203. The summed E-state index contributed by atoms with van der Waals surface area (Å²) in [5.74, 6) is 0. The molecule has 2 rings (SSSR count). The Morgan fingerprint density at radius 1 is 1.38 bits per heavy atom. The van der Waals surface area contributed by atoms with Crippen LogP contribution in [0.25, 0.3) is 0 Å². The van der Waals surface area contributed by atoms with Gasteiger partial charge in [0.2, 0.25) is 0 Å². The zero-order valence-corrected chi connectivity index (χ0v) is 10.9. The van der Waals surface area contributed by atoms with Crippen LogP contribution in [0.4, 0.5) is 0 Å². The molecule has 1 N–H and O–H groups in total. The smallest absolute Gasteiger partial charge is 0.0530 e. The third-order valence-corrected chi connectivity index (χ3v) is 3.45. The van der Waals surface area contributed by atoms with E-state index >= 15 is 0 Å². The highest BCUT2D eigenvalue weighted by atomic mass is 79.9. The Hall–Kier alpha value is -0.640. The van der Waals surface area contributed by atoms with Crippen molar-refractivity contribution >= 4 is 15.9 Å². The second kappa shape index (κ2) is 5.62. The Bertz CT molecular complexity index is 359. The van der Waals surface area contributed by atoms with E-state index in [2.05, 4.69) is 57.0 Å². The molecule has 2 nitrogen and oxygen atoms in total. The highest BCUT2D eigenvalue weighted by molar-refractivity contribution is 9.10. The van der Waals surface area contributed by atoms with Crippen LogP contribution < -0.4 is 5.32 Å². The van der Waals surface area contributed by atoms with Crippen LogP contribution in [0.2, 0.25) is 0 Å². The Morgan fingerprint density at radius 2 is 2.12 bits per heavy atom. The van der Waals surface area contributed by atoms with Gasteiger partial charge in [-0.25, -0.2) is 0 Å². The molecule has 1 saturated heterocycles. The minimum atomic E-state index is 0.333. The molecule has 0 unspecified atom stereocenters. The molecule has 16 heavy (non-hydrogen) atoms. The van der Waals surface area contributed by atoms with Gasteiger partial charge in [-0.3, -0.25) is 4.90 Å². The van der Waals surface area contributed by atoms with Crippen molar-refractivity contribution in [1.29, 1.82) is 0 Å². The van der Waals surface area contributed by atoms with Crippen molar-refractivity contribution in [2.24, 2.45) is 0 Å². The van der Waals surface area contributed by atoms with Gasteiger partial charge in [0.15, 0.2) is 0 Å². The third-order valence-electron chi connectivity index (χ3n) is 2.96. The third kappa shape index (κ3) is 2.73. The maximum absolute atomic E-state index is 3.96. The lowest BCUT2D eigenvalue weighted by Crippen LogP contribution is -2.44. The molecule has 0 saturated carbocycles. The molecule has 1 aliphatic heterocycles. The number of hydrogen-bond donors (Lipinski definition) is 1. The average Bonchev–Trinajstić information content (AvgIpc) is 2.31. The molecule has 86 valence electrons. The Morgan fingerprint density at radius 3 is 2.75 bits per heavy atom. The molecular weight excluding hydrogens is 264 g/mol. The summed E-state index contributed by atoms with van der Waals surface area (Å²) in [6, 6.07) is 8.81. The van der Waals surface area contributed by atoms with Gasteiger partial charge >= 0.3 is 0 Å². The number of nitrogens with zero attached hydrogens (tertiary/aromatic N) is 1. The van der Waals surface area contributed by atoms with Gasteiger partial charge in [0.25, 0.3) is 0 Å². The largest absolute Gasteiger partial charge is 0.314 e. The summed E-state index contributed by atoms with van der Waals surface area (Å²) in [7, 11) is 0. The number of benzene rings is 1. The van der Waals surface area contributed by atoms with Crippen molar-refractivity contribution in [2.75, 3.05) is 26.2 Å². The second-order valence-electron chi connectivity index (χ2n) is 4.02. The molecule has 0 radical (unpaired) electrons. The first kappa shape index (κ1) is 11.8. The highest BCUT2D eigenvalue weighted by Gasteiger charge is 2.19. The zero-order chi connectivity index (χ0) is 11.4. The SMILES string of the molecule is C=C[C@H](c1cccc(Br)c1)N1CCNCC1. The number of piperazine rings is 1. The number of halogens is 1. The van der Waals surface area contributed by atoms with Gasteiger partial charge in [-0.05, 0) is 17.7 Å². The van der Waals surface area contributed by atoms with Crippen molar-refractivity contribution in [3.05, 3.63) is 47.0 Å². The summed E-state index contributed by atoms with van der Waals surface area (Å²) in [6.45, 7) is 8.27. The predicted molar refractivity (Wildman–Crippen MR) is 71.5 cm³/mol. The molecule has 1 fully saturated rings. The fourth-order valence-corrected chi connectivity index (χ4v) is 2.56. The van der Waals surface area contributed by atoms with Crippen molar-refractivity contribution in [3.8, 4) is 0 Å². The summed E-state index contributed by atoms with van der Waals surface area (Å²) in [4.78, 5) is 2.46. The summed E-state index contributed by atoms with van der Waals surface area (Å²) in [5, 5.41) is 3.37. The summed E-state index contributed by atoms with van der Waals surface area (Å²) in [5.41, 5.74) is 1.31. The molecule has 3 heteroatoms. The molecule has 0 bridgehead atoms. The van der Waals surface area contributed by atoms with Crippen molar-refractivity contribution in [1.82, 2.24) is 10.2 Å². The van der Waals surface area contributed by atoms with Crippen LogP contribution in [0.15, 0.2) is 41.4 Å². The molecule has 1 aliphatic rings. The summed E-state index contributed by atoms with van der Waals surface area (Å²) >= 11 is 3.52. The van der Waals surface area contributed by atoms with E-state index in [1.165, 1.54) is 5.56 Å². The van der Waals surface area contributed by atoms with E-state index in [1.54, 1.807) is 0 Å². The molecule has 1 aromatic rings. The monoisotopic (exact) mass is 280 g/mol. The van der Waals surface area contributed by atoms with Crippen LogP contribution in [0.5, 0.6) is 0 Å². The molecule has 1 atom stereocenters. The number of nitrogens with one attached hydrogen (secondary N) is 1. The topological polar surface area (TPSA) is 15.3 Å². The minimum Gasteiger partial charge on any atom is -0.314 e. The standard InChI is InChI=1S/C13H17BrN2/c1-2-13(16-8-6-15-7-9-16)11-4-3-5-12(14)10-11/h2-5,10,13,15H,1,6-9H2/t13-/m1/s1. The fraction of sp³-hybridized carbons (Fsp3) is 0.385. The molecule has 1 heterocycles. The second-order valence-corrected chi connectivity index (χ2v) is 4.94. The van der Waals surface area contributed by atoms with E-state index in [1.807, 2.05) is 6.08 Å². The molecule has 0 amide bonds. The molecule has 0 aromatic heterocycles. The highest BCUT2D eigenvalue weighted by Crippen LogP contribution is 2.24. The lowest BCUT2D eigenvalue weighted by atomic mass is 10.0. The Labute approximate surface area is 105 Å². The first-order valence-electron chi connectivity index (χ1n) is 5.64. The summed E-state index contributed by atoms with van der Waals surface area (Å²) in [6.07, 6.45) is 2.03. The van der Waals surface area contributed by atoms with E-state index in [4.69, 9.17) is 0 Å². The van der Waals surface area contributed by atoms with E-state index in [0.29, 0.717) is 6.04 Å². The maximum atomic E-state index is 3.96. The van der Waals surface area contributed by atoms with Gasteiger partial charge in [0.1, 0.15) is 0 Å². The van der Waals surface area contributed by atoms with Crippen LogP contribution >= 0.6 is 15.9 Å². The van der Waals surface area contributed by atoms with Gasteiger partial charge in [-0.2, -0.15) is 0 Å². The first-order chi connectivity index (χ1) is 7.81. The van der Waals surface area contributed by atoms with E-state index in [-0.39, 0.29) is 0 Å². The van der Waals surface area contributed by atoms with Crippen LogP contribution in [0.3, 0.4) is 0 Å². The van der Waals surface area contributed by atoms with E-state index < -0.39 is 0 Å². The van der Waals surface area contributed by atoms with Crippen LogP contribution in [0, 0.1) is 0 Å². The van der Waals surface area contributed by atoms with Crippen LogP contribution in [0.1, 0.15) is 11.6 Å². The Kier molecular flexibility index (Phi) is 4.16. The lowest BCUT2D eigenvalue weighted by Gasteiger charge is -2.33.